The third kappa shape index (κ3) is 2.08. The number of para-hydroxylation sites is 2. The number of aromatic nitrogens is 3. The lowest BCUT2D eigenvalue weighted by Crippen LogP contribution is -1.99. The number of hydrogen-bond donors (Lipinski definition) is 1. The third-order valence-electron chi connectivity index (χ3n) is 2.91. The standard InChI is InChI=1S/C15H13N3O/c1-11-16-15(12-7-3-2-4-8-12)17-18(11)13-9-5-6-10-14(13)19/h2-10,19H,1H3. The largest absolute Gasteiger partial charge is 0.506 e. The Hall–Kier alpha value is -2.62. The van der Waals surface area contributed by atoms with E-state index in [9.17, 15) is 5.11 Å². The maximum Gasteiger partial charge on any atom is 0.181 e. The summed E-state index contributed by atoms with van der Waals surface area (Å²) in [7, 11) is 0. The zero-order chi connectivity index (χ0) is 13.2. The van der Waals surface area contributed by atoms with Gasteiger partial charge in [0.2, 0.25) is 0 Å². The van der Waals surface area contributed by atoms with Gasteiger partial charge in [0, 0.05) is 5.56 Å². The minimum absolute atomic E-state index is 0.190. The lowest BCUT2D eigenvalue weighted by molar-refractivity contribution is 0.470. The van der Waals surface area contributed by atoms with E-state index < -0.39 is 0 Å². The molecule has 0 amide bonds. The van der Waals surface area contributed by atoms with Crippen molar-refractivity contribution in [2.75, 3.05) is 0 Å². The number of hydrogen-bond acceptors (Lipinski definition) is 3. The Bertz CT molecular complexity index is 704. The summed E-state index contributed by atoms with van der Waals surface area (Å²) in [6.45, 7) is 1.87. The maximum absolute atomic E-state index is 9.88. The molecule has 0 bridgehead atoms. The van der Waals surface area contributed by atoms with E-state index in [4.69, 9.17) is 0 Å². The van der Waals surface area contributed by atoms with Crippen molar-refractivity contribution in [1.82, 2.24) is 14.8 Å². The van der Waals surface area contributed by atoms with Crippen LogP contribution in [-0.2, 0) is 0 Å². The second-order valence-electron chi connectivity index (χ2n) is 4.25. The molecule has 19 heavy (non-hydrogen) atoms. The van der Waals surface area contributed by atoms with E-state index in [2.05, 4.69) is 10.1 Å². The highest BCUT2D eigenvalue weighted by Crippen LogP contribution is 2.23. The summed E-state index contributed by atoms with van der Waals surface area (Å²) in [5, 5.41) is 14.3. The summed E-state index contributed by atoms with van der Waals surface area (Å²) >= 11 is 0. The predicted molar refractivity (Wildman–Crippen MR) is 73.2 cm³/mol. The second-order valence-corrected chi connectivity index (χ2v) is 4.25. The number of phenols is 1. The molecule has 0 saturated heterocycles. The van der Waals surface area contributed by atoms with Gasteiger partial charge in [0.05, 0.1) is 0 Å². The minimum atomic E-state index is 0.190. The van der Waals surface area contributed by atoms with Gasteiger partial charge in [-0.05, 0) is 19.1 Å². The molecule has 0 fully saturated rings. The molecule has 0 unspecified atom stereocenters. The third-order valence-corrected chi connectivity index (χ3v) is 2.91. The van der Waals surface area contributed by atoms with Gasteiger partial charge < -0.3 is 5.11 Å². The average Bonchev–Trinajstić information content (AvgIpc) is 2.82. The van der Waals surface area contributed by atoms with Crippen molar-refractivity contribution in [2.24, 2.45) is 0 Å². The molecule has 94 valence electrons. The molecule has 0 spiro atoms. The first-order valence-electron chi connectivity index (χ1n) is 6.03. The molecule has 0 radical (unpaired) electrons. The molecule has 3 rings (SSSR count). The summed E-state index contributed by atoms with van der Waals surface area (Å²) in [5.41, 5.74) is 1.59. The Kier molecular flexibility index (Phi) is 2.76. The van der Waals surface area contributed by atoms with E-state index in [0.717, 1.165) is 11.4 Å². The Labute approximate surface area is 111 Å². The summed E-state index contributed by atoms with van der Waals surface area (Å²) in [4.78, 5) is 4.44. The highest BCUT2D eigenvalue weighted by molar-refractivity contribution is 5.55. The molecule has 0 aliphatic heterocycles. The topological polar surface area (TPSA) is 50.9 Å². The zero-order valence-electron chi connectivity index (χ0n) is 10.5. The van der Waals surface area contributed by atoms with Crippen molar-refractivity contribution >= 4 is 0 Å². The molecule has 4 nitrogen and oxygen atoms in total. The highest BCUT2D eigenvalue weighted by atomic mass is 16.3. The number of phenolic OH excluding ortho intramolecular Hbond substituents is 1. The van der Waals surface area contributed by atoms with Crippen molar-refractivity contribution in [1.29, 1.82) is 0 Å². The Balaban J connectivity index is 2.11. The van der Waals surface area contributed by atoms with Gasteiger partial charge in [-0.25, -0.2) is 9.67 Å². The fraction of sp³-hybridized carbons (Fsp3) is 0.0667. The smallest absolute Gasteiger partial charge is 0.181 e. The number of nitrogens with zero attached hydrogens (tertiary/aromatic N) is 3. The number of aryl methyl sites for hydroxylation is 1. The van der Waals surface area contributed by atoms with Crippen molar-refractivity contribution in [2.45, 2.75) is 6.92 Å². The fourth-order valence-electron chi connectivity index (χ4n) is 1.97. The van der Waals surface area contributed by atoms with E-state index in [1.807, 2.05) is 49.4 Å². The summed E-state index contributed by atoms with van der Waals surface area (Å²) < 4.78 is 1.65. The molecule has 2 aromatic carbocycles. The van der Waals surface area contributed by atoms with Crippen LogP contribution in [-0.4, -0.2) is 19.9 Å². The van der Waals surface area contributed by atoms with Crippen LogP contribution in [0.15, 0.2) is 54.6 Å². The van der Waals surface area contributed by atoms with Gasteiger partial charge in [-0.2, -0.15) is 0 Å². The normalized spacial score (nSPS) is 10.6. The van der Waals surface area contributed by atoms with Crippen LogP contribution in [0.5, 0.6) is 5.75 Å². The predicted octanol–water partition coefficient (Wildman–Crippen LogP) is 2.95. The van der Waals surface area contributed by atoms with Crippen LogP contribution >= 0.6 is 0 Å². The molecule has 1 N–H and O–H groups in total. The van der Waals surface area contributed by atoms with E-state index in [-0.39, 0.29) is 5.75 Å². The Morgan fingerprint density at radius 2 is 1.63 bits per heavy atom. The van der Waals surface area contributed by atoms with Crippen LogP contribution in [0.2, 0.25) is 0 Å². The van der Waals surface area contributed by atoms with Crippen LogP contribution in [0.4, 0.5) is 0 Å². The molecule has 0 atom stereocenters. The molecule has 0 saturated carbocycles. The highest BCUT2D eigenvalue weighted by Gasteiger charge is 2.11. The van der Waals surface area contributed by atoms with Crippen LogP contribution in [0, 0.1) is 6.92 Å². The van der Waals surface area contributed by atoms with Crippen LogP contribution in [0.1, 0.15) is 5.82 Å². The van der Waals surface area contributed by atoms with Gasteiger partial charge >= 0.3 is 0 Å². The minimum Gasteiger partial charge on any atom is -0.506 e. The van der Waals surface area contributed by atoms with E-state index in [0.29, 0.717) is 11.5 Å². The van der Waals surface area contributed by atoms with Crippen molar-refractivity contribution in [3.05, 3.63) is 60.4 Å². The van der Waals surface area contributed by atoms with Crippen molar-refractivity contribution in [3.63, 3.8) is 0 Å². The van der Waals surface area contributed by atoms with Gasteiger partial charge in [-0.3, -0.25) is 0 Å². The second kappa shape index (κ2) is 4.57. The molecular formula is C15H13N3O. The number of rotatable bonds is 2. The van der Waals surface area contributed by atoms with Crippen LogP contribution < -0.4 is 0 Å². The van der Waals surface area contributed by atoms with Gasteiger partial charge in [-0.15, -0.1) is 5.10 Å². The molecule has 1 aromatic heterocycles. The summed E-state index contributed by atoms with van der Waals surface area (Å²) in [5.74, 6) is 1.58. The molecule has 1 heterocycles. The maximum atomic E-state index is 9.88. The van der Waals surface area contributed by atoms with E-state index in [1.54, 1.807) is 16.8 Å². The first-order chi connectivity index (χ1) is 9.25. The van der Waals surface area contributed by atoms with E-state index >= 15 is 0 Å². The fourth-order valence-corrected chi connectivity index (χ4v) is 1.97. The lowest BCUT2D eigenvalue weighted by atomic mass is 10.2. The van der Waals surface area contributed by atoms with Gasteiger partial charge in [0.1, 0.15) is 17.3 Å². The monoisotopic (exact) mass is 251 g/mol. The molecule has 0 aliphatic rings. The van der Waals surface area contributed by atoms with Crippen LogP contribution in [0.25, 0.3) is 17.1 Å². The van der Waals surface area contributed by atoms with Gasteiger partial charge in [-0.1, -0.05) is 42.5 Å². The number of benzene rings is 2. The molecule has 0 aliphatic carbocycles. The van der Waals surface area contributed by atoms with E-state index in [1.165, 1.54) is 0 Å². The first-order valence-corrected chi connectivity index (χ1v) is 6.03. The Morgan fingerprint density at radius 1 is 0.947 bits per heavy atom. The summed E-state index contributed by atoms with van der Waals surface area (Å²) in [6, 6.07) is 16.9. The first kappa shape index (κ1) is 11.5. The van der Waals surface area contributed by atoms with Crippen molar-refractivity contribution in [3.8, 4) is 22.8 Å². The SMILES string of the molecule is Cc1nc(-c2ccccc2)nn1-c1ccccc1O. The van der Waals surface area contributed by atoms with Gasteiger partial charge in [0.25, 0.3) is 0 Å². The molecule has 4 heteroatoms. The van der Waals surface area contributed by atoms with Gasteiger partial charge in [0.15, 0.2) is 5.82 Å². The van der Waals surface area contributed by atoms with Crippen molar-refractivity contribution < 1.29 is 5.11 Å². The number of aromatic hydroxyl groups is 1. The summed E-state index contributed by atoms with van der Waals surface area (Å²) in [6.07, 6.45) is 0. The Morgan fingerprint density at radius 3 is 2.37 bits per heavy atom. The average molecular weight is 251 g/mol. The molecule has 3 aromatic rings. The molecular weight excluding hydrogens is 238 g/mol. The lowest BCUT2D eigenvalue weighted by Gasteiger charge is -2.04. The zero-order valence-corrected chi connectivity index (χ0v) is 10.5. The quantitative estimate of drug-likeness (QED) is 0.761. The van der Waals surface area contributed by atoms with Crippen LogP contribution in [0.3, 0.4) is 0 Å².